The number of hydrogen-bond acceptors (Lipinski definition) is 6. The maximum Gasteiger partial charge on any atom is 0.306 e. The van der Waals surface area contributed by atoms with Gasteiger partial charge in [-0.3, -0.25) is 14.4 Å². The van der Waals surface area contributed by atoms with Gasteiger partial charge in [0.05, 0.1) is 0 Å². The van der Waals surface area contributed by atoms with Crippen molar-refractivity contribution in [2.45, 2.75) is 239 Å². The maximum atomic E-state index is 12.9. The zero-order valence-corrected chi connectivity index (χ0v) is 45.0. The van der Waals surface area contributed by atoms with Gasteiger partial charge in [-0.05, 0) is 135 Å². The van der Waals surface area contributed by atoms with E-state index in [9.17, 15) is 14.4 Å². The van der Waals surface area contributed by atoms with E-state index in [1.165, 1.54) is 57.8 Å². The van der Waals surface area contributed by atoms with Gasteiger partial charge in [0.15, 0.2) is 6.10 Å². The molecule has 0 aliphatic heterocycles. The SMILES string of the molecule is CC/C=C\C/C=C\C/C=C\C/C=C\C/C=C\CCCCCC(=O)OCC(COC(=O)CCCC/C=C\C/C=C\C/C=C\C/C=C\CC)OC(=O)CCCCCCCCC/C=C\C/C=C\CCCCCC. The first kappa shape index (κ1) is 65.5. The third kappa shape index (κ3) is 54.5. The van der Waals surface area contributed by atoms with E-state index < -0.39 is 6.10 Å². The van der Waals surface area contributed by atoms with E-state index in [4.69, 9.17) is 14.2 Å². The molecule has 0 saturated carbocycles. The van der Waals surface area contributed by atoms with Gasteiger partial charge in [0, 0.05) is 19.3 Å². The summed E-state index contributed by atoms with van der Waals surface area (Å²) in [4.78, 5) is 38.1. The number of esters is 3. The number of allylic oxidation sites excluding steroid dienone is 22. The molecule has 0 N–H and O–H groups in total. The van der Waals surface area contributed by atoms with Crippen LogP contribution in [-0.2, 0) is 28.6 Å². The summed E-state index contributed by atoms with van der Waals surface area (Å²) in [6.07, 6.45) is 80.1. The number of ether oxygens (including phenoxy) is 3. The fraction of sp³-hybridized carbons (Fsp3) is 0.609. The van der Waals surface area contributed by atoms with Crippen molar-refractivity contribution in [1.82, 2.24) is 0 Å². The second kappa shape index (κ2) is 57.1. The Balaban J connectivity index is 4.54. The summed E-state index contributed by atoms with van der Waals surface area (Å²) in [7, 11) is 0. The number of rotatable bonds is 49. The molecule has 6 heteroatoms. The van der Waals surface area contributed by atoms with Crippen molar-refractivity contribution in [2.24, 2.45) is 0 Å². The molecule has 0 bridgehead atoms. The molecule has 0 rings (SSSR count). The summed E-state index contributed by atoms with van der Waals surface area (Å²) in [5.74, 6) is -1.00. The molecule has 0 radical (unpaired) electrons. The van der Waals surface area contributed by atoms with Crippen LogP contribution in [0.1, 0.15) is 233 Å². The molecule has 0 fully saturated rings. The maximum absolute atomic E-state index is 12.9. The Kier molecular flexibility index (Phi) is 53.5. The minimum absolute atomic E-state index is 0.116. The van der Waals surface area contributed by atoms with Crippen molar-refractivity contribution in [2.75, 3.05) is 13.2 Å². The Hall–Kier alpha value is -4.45. The lowest BCUT2D eigenvalue weighted by molar-refractivity contribution is -0.167. The van der Waals surface area contributed by atoms with Crippen LogP contribution in [0.4, 0.5) is 0 Å². The summed E-state index contributed by atoms with van der Waals surface area (Å²) in [6, 6.07) is 0. The Bertz CT molecular complexity index is 1530. The number of carbonyl (C=O) groups excluding carboxylic acids is 3. The zero-order chi connectivity index (χ0) is 50.7. The normalized spacial score (nSPS) is 13.1. The van der Waals surface area contributed by atoms with E-state index in [0.717, 1.165) is 128 Å². The molecule has 0 amide bonds. The Morgan fingerprint density at radius 3 is 0.914 bits per heavy atom. The second-order valence-electron chi connectivity index (χ2n) is 18.1. The smallest absolute Gasteiger partial charge is 0.306 e. The Morgan fingerprint density at radius 1 is 0.300 bits per heavy atom. The largest absolute Gasteiger partial charge is 0.462 e. The zero-order valence-electron chi connectivity index (χ0n) is 45.0. The number of unbranched alkanes of at least 4 members (excludes halogenated alkanes) is 16. The lowest BCUT2D eigenvalue weighted by Gasteiger charge is -2.18. The molecular weight excluding hydrogens is 865 g/mol. The molecule has 0 spiro atoms. The molecule has 0 aromatic rings. The van der Waals surface area contributed by atoms with Crippen LogP contribution >= 0.6 is 0 Å². The summed E-state index contributed by atoms with van der Waals surface area (Å²) >= 11 is 0. The van der Waals surface area contributed by atoms with Crippen molar-refractivity contribution < 1.29 is 28.6 Å². The van der Waals surface area contributed by atoms with Gasteiger partial charge in [0.2, 0.25) is 0 Å². The van der Waals surface area contributed by atoms with Crippen LogP contribution in [-0.4, -0.2) is 37.2 Å². The van der Waals surface area contributed by atoms with Crippen LogP contribution in [0.2, 0.25) is 0 Å². The first-order chi connectivity index (χ1) is 34.5. The van der Waals surface area contributed by atoms with Crippen LogP contribution < -0.4 is 0 Å². The fourth-order valence-corrected chi connectivity index (χ4v) is 7.19. The van der Waals surface area contributed by atoms with E-state index in [2.05, 4.69) is 154 Å². The van der Waals surface area contributed by atoms with Crippen LogP contribution in [0.25, 0.3) is 0 Å². The van der Waals surface area contributed by atoms with Crippen LogP contribution in [0.15, 0.2) is 134 Å². The Labute approximate surface area is 430 Å². The molecule has 70 heavy (non-hydrogen) atoms. The quantitative estimate of drug-likeness (QED) is 0.0262. The predicted molar refractivity (Wildman–Crippen MR) is 302 cm³/mol. The monoisotopic (exact) mass is 967 g/mol. The molecular formula is C64H102O6. The minimum Gasteiger partial charge on any atom is -0.462 e. The predicted octanol–water partition coefficient (Wildman–Crippen LogP) is 19.0. The first-order valence-electron chi connectivity index (χ1n) is 28.2. The summed E-state index contributed by atoms with van der Waals surface area (Å²) < 4.78 is 16.8. The molecule has 1 atom stereocenters. The first-order valence-corrected chi connectivity index (χ1v) is 28.2. The van der Waals surface area contributed by atoms with Crippen LogP contribution in [0.3, 0.4) is 0 Å². The molecule has 0 heterocycles. The van der Waals surface area contributed by atoms with Crippen molar-refractivity contribution in [3.63, 3.8) is 0 Å². The van der Waals surface area contributed by atoms with Crippen molar-refractivity contribution in [3.05, 3.63) is 134 Å². The van der Waals surface area contributed by atoms with E-state index in [0.29, 0.717) is 25.7 Å². The topological polar surface area (TPSA) is 78.9 Å². The van der Waals surface area contributed by atoms with E-state index in [-0.39, 0.29) is 31.1 Å². The van der Waals surface area contributed by atoms with Crippen molar-refractivity contribution >= 4 is 17.9 Å². The fourth-order valence-electron chi connectivity index (χ4n) is 7.19. The molecule has 0 aliphatic carbocycles. The van der Waals surface area contributed by atoms with Gasteiger partial charge >= 0.3 is 17.9 Å². The number of carbonyl (C=O) groups is 3. The van der Waals surface area contributed by atoms with Crippen molar-refractivity contribution in [1.29, 1.82) is 0 Å². The minimum atomic E-state index is -0.819. The molecule has 0 aliphatic rings. The second-order valence-corrected chi connectivity index (χ2v) is 18.1. The average molecular weight is 968 g/mol. The standard InChI is InChI=1S/C64H102O6/c1-4-7-10-13-16-19-22-25-28-30-32-34-36-39-42-45-48-51-54-57-63(66)69-60-61(59-68-62(65)56-53-50-47-44-41-38-35-27-24-21-18-15-12-9-6-3)70-64(67)58-55-52-49-46-43-40-37-33-31-29-26-23-20-17-14-11-8-5-2/h7,9-10,12,16,18-21,23,25,27-29,31-32,34-35,39,41-42,44,61H,4-6,8,11,13-15,17,22,24,26,30,33,36-38,40,43,45-60H2,1-3H3/b10-7-,12-9-,19-16-,21-18-,23-20-,28-25-,31-29-,34-32-,35-27-,42-39-,44-41-. The lowest BCUT2D eigenvalue weighted by Crippen LogP contribution is -2.30. The van der Waals surface area contributed by atoms with Gasteiger partial charge < -0.3 is 14.2 Å². The summed E-state index contributed by atoms with van der Waals surface area (Å²) in [5, 5.41) is 0. The van der Waals surface area contributed by atoms with Gasteiger partial charge in [-0.15, -0.1) is 0 Å². The third-order valence-corrected chi connectivity index (χ3v) is 11.4. The number of hydrogen-bond donors (Lipinski definition) is 0. The highest BCUT2D eigenvalue weighted by Crippen LogP contribution is 2.13. The van der Waals surface area contributed by atoms with E-state index >= 15 is 0 Å². The van der Waals surface area contributed by atoms with Gasteiger partial charge in [0.25, 0.3) is 0 Å². The van der Waals surface area contributed by atoms with Gasteiger partial charge in [-0.25, -0.2) is 0 Å². The van der Waals surface area contributed by atoms with E-state index in [1.54, 1.807) is 0 Å². The highest BCUT2D eigenvalue weighted by Gasteiger charge is 2.19. The van der Waals surface area contributed by atoms with Gasteiger partial charge in [-0.1, -0.05) is 212 Å². The molecule has 1 unspecified atom stereocenters. The molecule has 0 aromatic carbocycles. The summed E-state index contributed by atoms with van der Waals surface area (Å²) in [5.41, 5.74) is 0. The third-order valence-electron chi connectivity index (χ3n) is 11.4. The molecule has 6 nitrogen and oxygen atoms in total. The van der Waals surface area contributed by atoms with Crippen LogP contribution in [0, 0.1) is 0 Å². The van der Waals surface area contributed by atoms with E-state index in [1.807, 2.05) is 0 Å². The van der Waals surface area contributed by atoms with Gasteiger partial charge in [0.1, 0.15) is 13.2 Å². The molecule has 0 saturated heterocycles. The summed E-state index contributed by atoms with van der Waals surface area (Å²) in [6.45, 7) is 6.31. The van der Waals surface area contributed by atoms with Crippen LogP contribution in [0.5, 0.6) is 0 Å². The molecule has 0 aromatic heterocycles. The van der Waals surface area contributed by atoms with Gasteiger partial charge in [-0.2, -0.15) is 0 Å². The lowest BCUT2D eigenvalue weighted by atomic mass is 10.1. The van der Waals surface area contributed by atoms with Crippen molar-refractivity contribution in [3.8, 4) is 0 Å². The highest BCUT2D eigenvalue weighted by molar-refractivity contribution is 5.71. The molecule has 394 valence electrons. The average Bonchev–Trinajstić information content (AvgIpc) is 3.36. The Morgan fingerprint density at radius 2 is 0.557 bits per heavy atom. The highest BCUT2D eigenvalue weighted by atomic mass is 16.6.